The first-order chi connectivity index (χ1) is 15.0. The maximum atomic E-state index is 13.2. The van der Waals surface area contributed by atoms with Gasteiger partial charge in [0, 0.05) is 43.5 Å². The third-order valence-corrected chi connectivity index (χ3v) is 6.01. The summed E-state index contributed by atoms with van der Waals surface area (Å²) in [4.78, 5) is 19.7. The molecule has 0 aliphatic carbocycles. The Bertz CT molecular complexity index is 1160. The second-order valence-corrected chi connectivity index (χ2v) is 8.93. The van der Waals surface area contributed by atoms with Gasteiger partial charge in [-0.2, -0.15) is 5.10 Å². The van der Waals surface area contributed by atoms with E-state index in [4.69, 9.17) is 9.47 Å². The summed E-state index contributed by atoms with van der Waals surface area (Å²) in [6, 6.07) is 3.89. The number of benzene rings is 1. The molecular formula is C21H22BrN5O4. The Labute approximate surface area is 187 Å². The van der Waals surface area contributed by atoms with Gasteiger partial charge in [0.2, 0.25) is 0 Å². The van der Waals surface area contributed by atoms with Gasteiger partial charge in [-0.15, -0.1) is 0 Å². The van der Waals surface area contributed by atoms with Crippen molar-refractivity contribution in [1.29, 1.82) is 0 Å². The van der Waals surface area contributed by atoms with Crippen LogP contribution in [0.5, 0.6) is 5.75 Å². The summed E-state index contributed by atoms with van der Waals surface area (Å²) in [7, 11) is 0. The Morgan fingerprint density at radius 2 is 2.13 bits per heavy atom. The topological polar surface area (TPSA) is 101 Å². The van der Waals surface area contributed by atoms with E-state index in [-0.39, 0.29) is 12.5 Å². The minimum Gasteiger partial charge on any atom is -0.484 e. The van der Waals surface area contributed by atoms with Gasteiger partial charge in [-0.3, -0.25) is 4.79 Å². The van der Waals surface area contributed by atoms with Crippen LogP contribution in [0.15, 0.2) is 35.2 Å². The number of nitrogens with one attached hydrogen (secondary N) is 1. The molecule has 31 heavy (non-hydrogen) atoms. The first-order valence-electron chi connectivity index (χ1n) is 10.1. The van der Waals surface area contributed by atoms with Crippen LogP contribution in [-0.4, -0.2) is 64.1 Å². The number of morpholine rings is 1. The summed E-state index contributed by atoms with van der Waals surface area (Å²) in [5, 5.41) is 17.0. The van der Waals surface area contributed by atoms with Crippen molar-refractivity contribution in [3.8, 4) is 5.75 Å². The minimum atomic E-state index is -0.660. The highest BCUT2D eigenvalue weighted by atomic mass is 79.9. The molecule has 0 bridgehead atoms. The van der Waals surface area contributed by atoms with E-state index in [1.807, 2.05) is 19.1 Å². The van der Waals surface area contributed by atoms with Crippen molar-refractivity contribution in [2.75, 3.05) is 43.1 Å². The maximum absolute atomic E-state index is 13.2. The second-order valence-electron chi connectivity index (χ2n) is 8.02. The lowest BCUT2D eigenvalue weighted by atomic mass is 9.99. The molecule has 1 atom stereocenters. The fourth-order valence-electron chi connectivity index (χ4n) is 4.01. The Hall–Kier alpha value is -2.69. The Kier molecular flexibility index (Phi) is 5.07. The number of ether oxygens (including phenoxy) is 2. The van der Waals surface area contributed by atoms with E-state index < -0.39 is 5.60 Å². The number of hydrogen-bond donors (Lipinski definition) is 2. The van der Waals surface area contributed by atoms with Crippen molar-refractivity contribution in [3.05, 3.63) is 46.3 Å². The molecule has 1 aromatic carbocycles. The van der Waals surface area contributed by atoms with Crippen LogP contribution >= 0.6 is 15.9 Å². The summed E-state index contributed by atoms with van der Waals surface area (Å²) in [5.74, 6) is 0.446. The van der Waals surface area contributed by atoms with Gasteiger partial charge in [0.05, 0.1) is 41.9 Å². The van der Waals surface area contributed by atoms with Gasteiger partial charge >= 0.3 is 0 Å². The lowest BCUT2D eigenvalue weighted by Crippen LogP contribution is -2.36. The molecule has 0 saturated carbocycles. The van der Waals surface area contributed by atoms with Crippen LogP contribution in [0.25, 0.3) is 5.65 Å². The molecule has 10 heteroatoms. The van der Waals surface area contributed by atoms with Crippen LogP contribution in [0, 0.1) is 0 Å². The molecule has 4 heterocycles. The molecule has 2 aliphatic rings. The van der Waals surface area contributed by atoms with Crippen LogP contribution < -0.4 is 15.0 Å². The van der Waals surface area contributed by atoms with Crippen LogP contribution in [0.2, 0.25) is 0 Å². The van der Waals surface area contributed by atoms with Gasteiger partial charge in [0.15, 0.2) is 5.65 Å². The molecule has 0 radical (unpaired) electrons. The number of halogens is 1. The summed E-state index contributed by atoms with van der Waals surface area (Å²) in [5.41, 5.74) is 2.71. The molecule has 5 rings (SSSR count). The molecule has 1 fully saturated rings. The standard InChI is InChI=1S/C21H22BrN5O4/c1-21(12-28)8-13-6-16(17(7-18(13)31-21)26-2-4-30-5-3-26)25-20(29)15-10-24-27-11-14(22)9-23-19(15)27/h6-7,9-11,28H,2-5,8,12H2,1H3,(H,25,29). The van der Waals surface area contributed by atoms with Gasteiger partial charge in [0.25, 0.3) is 5.91 Å². The Morgan fingerprint density at radius 3 is 2.90 bits per heavy atom. The molecular weight excluding hydrogens is 466 g/mol. The molecule has 9 nitrogen and oxygen atoms in total. The van der Waals surface area contributed by atoms with Gasteiger partial charge in [-0.05, 0) is 28.9 Å². The zero-order valence-corrected chi connectivity index (χ0v) is 18.6. The van der Waals surface area contributed by atoms with Crippen LogP contribution in [0.3, 0.4) is 0 Å². The first kappa shape index (κ1) is 20.2. The Morgan fingerprint density at radius 1 is 1.32 bits per heavy atom. The second kappa shape index (κ2) is 7.77. The number of nitrogens with zero attached hydrogens (tertiary/aromatic N) is 4. The zero-order valence-electron chi connectivity index (χ0n) is 17.0. The number of rotatable bonds is 4. The summed E-state index contributed by atoms with van der Waals surface area (Å²) < 4.78 is 13.8. The molecule has 1 unspecified atom stereocenters. The van der Waals surface area contributed by atoms with Crippen molar-refractivity contribution in [3.63, 3.8) is 0 Å². The van der Waals surface area contributed by atoms with Crippen LogP contribution in [-0.2, 0) is 11.2 Å². The largest absolute Gasteiger partial charge is 0.484 e. The van der Waals surface area contributed by atoms with E-state index in [0.29, 0.717) is 49.6 Å². The molecule has 0 spiro atoms. The van der Waals surface area contributed by atoms with Crippen molar-refractivity contribution in [2.45, 2.75) is 18.9 Å². The number of aliphatic hydroxyl groups is 1. The molecule has 1 amide bonds. The SMILES string of the molecule is CC1(CO)Cc2cc(NC(=O)c3cnn4cc(Br)cnc34)c(N3CCOCC3)cc2O1. The smallest absolute Gasteiger partial charge is 0.261 e. The number of amides is 1. The molecule has 2 N–H and O–H groups in total. The molecule has 2 aliphatic heterocycles. The van der Waals surface area contributed by atoms with Gasteiger partial charge < -0.3 is 24.8 Å². The first-order valence-corrected chi connectivity index (χ1v) is 10.8. The summed E-state index contributed by atoms with van der Waals surface area (Å²) in [6.07, 6.45) is 5.46. The fourth-order valence-corrected chi connectivity index (χ4v) is 4.30. The molecule has 162 valence electrons. The maximum Gasteiger partial charge on any atom is 0.261 e. The highest BCUT2D eigenvalue weighted by Crippen LogP contribution is 2.42. The molecule has 2 aromatic heterocycles. The number of anilines is 2. The zero-order chi connectivity index (χ0) is 21.6. The predicted molar refractivity (Wildman–Crippen MR) is 118 cm³/mol. The van der Waals surface area contributed by atoms with E-state index in [2.05, 4.69) is 36.2 Å². The number of fused-ring (bicyclic) bond motifs is 2. The highest BCUT2D eigenvalue weighted by Gasteiger charge is 2.35. The average molecular weight is 488 g/mol. The summed E-state index contributed by atoms with van der Waals surface area (Å²) in [6.45, 7) is 4.46. The number of aliphatic hydroxyl groups excluding tert-OH is 1. The predicted octanol–water partition coefficient (Wildman–Crippen LogP) is 2.27. The van der Waals surface area contributed by atoms with Crippen LogP contribution in [0.4, 0.5) is 11.4 Å². The van der Waals surface area contributed by atoms with Gasteiger partial charge in [0.1, 0.15) is 16.9 Å². The third-order valence-electron chi connectivity index (χ3n) is 5.60. The lowest BCUT2D eigenvalue weighted by Gasteiger charge is -2.31. The van der Waals surface area contributed by atoms with Crippen molar-refractivity contribution in [2.24, 2.45) is 0 Å². The van der Waals surface area contributed by atoms with Crippen LogP contribution in [0.1, 0.15) is 22.8 Å². The Balaban J connectivity index is 1.51. The van der Waals surface area contributed by atoms with Gasteiger partial charge in [-0.25, -0.2) is 9.50 Å². The minimum absolute atomic E-state index is 0.0834. The van der Waals surface area contributed by atoms with Gasteiger partial charge in [-0.1, -0.05) is 0 Å². The number of aromatic nitrogens is 3. The van der Waals surface area contributed by atoms with E-state index in [1.54, 1.807) is 16.9 Å². The van der Waals surface area contributed by atoms with Crippen molar-refractivity contribution >= 4 is 38.9 Å². The number of carbonyl (C=O) groups is 1. The van der Waals surface area contributed by atoms with Crippen molar-refractivity contribution < 1.29 is 19.4 Å². The summed E-state index contributed by atoms with van der Waals surface area (Å²) >= 11 is 3.36. The van der Waals surface area contributed by atoms with E-state index >= 15 is 0 Å². The lowest BCUT2D eigenvalue weighted by molar-refractivity contribution is 0.0446. The fraction of sp³-hybridized carbons (Fsp3) is 0.381. The average Bonchev–Trinajstić information content (AvgIpc) is 3.33. The third kappa shape index (κ3) is 3.75. The normalized spacial score (nSPS) is 20.5. The highest BCUT2D eigenvalue weighted by molar-refractivity contribution is 9.10. The quantitative estimate of drug-likeness (QED) is 0.581. The molecule has 1 saturated heterocycles. The van der Waals surface area contributed by atoms with E-state index in [1.165, 1.54) is 6.20 Å². The monoisotopic (exact) mass is 487 g/mol. The number of hydrogen-bond acceptors (Lipinski definition) is 7. The van der Waals surface area contributed by atoms with E-state index in [9.17, 15) is 9.90 Å². The molecule has 3 aromatic rings. The number of carbonyl (C=O) groups excluding carboxylic acids is 1. The van der Waals surface area contributed by atoms with Crippen molar-refractivity contribution in [1.82, 2.24) is 14.6 Å². The van der Waals surface area contributed by atoms with E-state index in [0.717, 1.165) is 21.5 Å².